The van der Waals surface area contributed by atoms with Crippen LogP contribution in [0.2, 0.25) is 0 Å². The molecule has 0 aliphatic carbocycles. The molecule has 138 valence electrons. The van der Waals surface area contributed by atoms with Crippen molar-refractivity contribution in [2.75, 3.05) is 14.1 Å². The summed E-state index contributed by atoms with van der Waals surface area (Å²) in [5, 5.41) is 0. The number of benzene rings is 1. The predicted molar refractivity (Wildman–Crippen MR) is 102 cm³/mol. The molecule has 0 saturated heterocycles. The van der Waals surface area contributed by atoms with Crippen LogP contribution in [0.1, 0.15) is 31.7 Å². The zero-order valence-corrected chi connectivity index (χ0v) is 15.7. The summed E-state index contributed by atoms with van der Waals surface area (Å²) in [5.41, 5.74) is 1.11. The number of likely N-dealkylation sites (N-methyl/N-ethyl adjacent to an activating group) is 1. The quantitative estimate of drug-likeness (QED) is 0.538. The number of nitrogens with zero attached hydrogens (tertiary/aromatic N) is 1. The third kappa shape index (κ3) is 7.24. The summed E-state index contributed by atoms with van der Waals surface area (Å²) in [6.45, 7) is 10.1. The predicted octanol–water partition coefficient (Wildman–Crippen LogP) is 3.98. The molecule has 1 rings (SSSR count). The van der Waals surface area contributed by atoms with Crippen molar-refractivity contribution in [3.63, 3.8) is 0 Å². The zero-order chi connectivity index (χ0) is 18.7. The molecule has 1 aromatic rings. The fraction of sp³-hybridized carbons (Fsp3) is 0.476. The Morgan fingerprint density at radius 1 is 1.12 bits per heavy atom. The second-order valence-electron chi connectivity index (χ2n) is 6.19. The Kier molecular flexibility index (Phi) is 9.81. The van der Waals surface area contributed by atoms with E-state index in [2.05, 4.69) is 13.2 Å². The zero-order valence-electron chi connectivity index (χ0n) is 15.7. The van der Waals surface area contributed by atoms with E-state index in [1.807, 2.05) is 43.3 Å². The highest BCUT2D eigenvalue weighted by atomic mass is 16.5. The van der Waals surface area contributed by atoms with Crippen LogP contribution in [-0.2, 0) is 20.9 Å². The molecule has 0 radical (unpaired) electrons. The van der Waals surface area contributed by atoms with Crippen LogP contribution in [0.4, 0.5) is 0 Å². The van der Waals surface area contributed by atoms with E-state index in [1.54, 1.807) is 25.1 Å². The molecule has 0 unspecified atom stereocenters. The van der Waals surface area contributed by atoms with Crippen LogP contribution in [-0.4, -0.2) is 43.2 Å². The van der Waals surface area contributed by atoms with Gasteiger partial charge in [-0.2, -0.15) is 0 Å². The van der Waals surface area contributed by atoms with E-state index < -0.39 is 6.10 Å². The number of rotatable bonds is 12. The third-order valence-electron chi connectivity index (χ3n) is 3.96. The highest BCUT2D eigenvalue weighted by Gasteiger charge is 2.28. The van der Waals surface area contributed by atoms with Crippen LogP contribution in [0.25, 0.3) is 0 Å². The molecule has 0 N–H and O–H groups in total. The summed E-state index contributed by atoms with van der Waals surface area (Å²) < 4.78 is 12.2. The lowest BCUT2D eigenvalue weighted by atomic mass is 10.1. The largest absolute Gasteiger partial charge is 0.371 e. The highest BCUT2D eigenvalue weighted by Crippen LogP contribution is 2.19. The number of hydrogen-bond donors (Lipinski definition) is 0. The number of carbonyl (C=O) groups excluding carboxylic acids is 1. The summed E-state index contributed by atoms with van der Waals surface area (Å²) >= 11 is 0. The first kappa shape index (κ1) is 21.1. The molecule has 4 nitrogen and oxygen atoms in total. The lowest BCUT2D eigenvalue weighted by molar-refractivity contribution is -0.154. The molecule has 0 spiro atoms. The normalized spacial score (nSPS) is 14.4. The van der Waals surface area contributed by atoms with Gasteiger partial charge in [-0.15, -0.1) is 13.2 Å². The summed E-state index contributed by atoms with van der Waals surface area (Å²) in [7, 11) is 3.46. The molecular weight excluding hydrogens is 314 g/mol. The minimum atomic E-state index is -0.537. The van der Waals surface area contributed by atoms with Gasteiger partial charge >= 0.3 is 0 Å². The van der Waals surface area contributed by atoms with Gasteiger partial charge in [0.1, 0.15) is 6.10 Å². The first-order valence-corrected chi connectivity index (χ1v) is 8.77. The lowest BCUT2D eigenvalue weighted by Gasteiger charge is -2.30. The molecule has 0 aliphatic heterocycles. The Hall–Kier alpha value is -1.91. The summed E-state index contributed by atoms with van der Waals surface area (Å²) in [6.07, 6.45) is 4.58. The van der Waals surface area contributed by atoms with Gasteiger partial charge in [0.15, 0.2) is 0 Å². The Labute approximate surface area is 152 Å². The lowest BCUT2D eigenvalue weighted by Crippen LogP contribution is -2.41. The van der Waals surface area contributed by atoms with Crippen molar-refractivity contribution >= 4 is 5.91 Å². The smallest absolute Gasteiger partial charge is 0.251 e. The van der Waals surface area contributed by atoms with Gasteiger partial charge in [0, 0.05) is 20.5 Å². The molecule has 4 heteroatoms. The Balaban J connectivity index is 2.79. The standard InChI is InChI=1S/C21H31NO3/c1-6-12-19(24-16-17-14-10-9-11-15-17)18(8-3)25-20(13-7-2)21(23)22(4)5/h6-7,9-11,14-15,18-20H,1-2,8,12-13,16H2,3-5H3/t18-,19-,20-/m1/s1. The van der Waals surface area contributed by atoms with Crippen LogP contribution in [0, 0.1) is 0 Å². The topological polar surface area (TPSA) is 38.8 Å². The molecule has 0 aromatic heterocycles. The van der Waals surface area contributed by atoms with Gasteiger partial charge in [-0.3, -0.25) is 4.79 Å². The first-order chi connectivity index (χ1) is 12.0. The van der Waals surface area contributed by atoms with Crippen LogP contribution in [0.15, 0.2) is 55.6 Å². The van der Waals surface area contributed by atoms with E-state index in [1.165, 1.54) is 0 Å². The van der Waals surface area contributed by atoms with Crippen molar-refractivity contribution in [2.45, 2.75) is 51.1 Å². The van der Waals surface area contributed by atoms with Gasteiger partial charge in [0.25, 0.3) is 5.91 Å². The SMILES string of the molecule is C=CC[C@@H](O[C@H](CC)[C@@H](CC=C)OCc1ccccc1)C(=O)N(C)C. The average Bonchev–Trinajstić information content (AvgIpc) is 2.62. The third-order valence-corrected chi connectivity index (χ3v) is 3.96. The summed E-state index contributed by atoms with van der Waals surface area (Å²) in [4.78, 5) is 13.9. The Morgan fingerprint density at radius 3 is 2.28 bits per heavy atom. The Bertz CT molecular complexity index is 527. The maximum atomic E-state index is 12.3. The van der Waals surface area contributed by atoms with Gasteiger partial charge in [-0.1, -0.05) is 49.4 Å². The van der Waals surface area contributed by atoms with Crippen molar-refractivity contribution in [1.29, 1.82) is 0 Å². The number of carbonyl (C=O) groups is 1. The minimum Gasteiger partial charge on any atom is -0.371 e. The molecular formula is C21H31NO3. The molecule has 0 saturated carbocycles. The van der Waals surface area contributed by atoms with Crippen LogP contribution in [0.3, 0.4) is 0 Å². The first-order valence-electron chi connectivity index (χ1n) is 8.77. The molecule has 1 aromatic carbocycles. The van der Waals surface area contributed by atoms with Crippen molar-refractivity contribution in [3.05, 3.63) is 61.2 Å². The number of ether oxygens (including phenoxy) is 2. The van der Waals surface area contributed by atoms with Crippen LogP contribution >= 0.6 is 0 Å². The highest BCUT2D eigenvalue weighted by molar-refractivity contribution is 5.80. The van der Waals surface area contributed by atoms with Gasteiger partial charge in [-0.25, -0.2) is 0 Å². The summed E-state index contributed by atoms with van der Waals surface area (Å²) in [6, 6.07) is 10.0. The maximum absolute atomic E-state index is 12.3. The van der Waals surface area contributed by atoms with E-state index in [0.717, 1.165) is 12.0 Å². The van der Waals surface area contributed by atoms with Crippen LogP contribution < -0.4 is 0 Å². The maximum Gasteiger partial charge on any atom is 0.251 e. The monoisotopic (exact) mass is 345 g/mol. The minimum absolute atomic E-state index is 0.0567. The second-order valence-corrected chi connectivity index (χ2v) is 6.19. The van der Waals surface area contributed by atoms with E-state index >= 15 is 0 Å². The van der Waals surface area contributed by atoms with Gasteiger partial charge in [0.05, 0.1) is 18.8 Å². The molecule has 0 fully saturated rings. The Morgan fingerprint density at radius 2 is 1.76 bits per heavy atom. The molecule has 0 heterocycles. The number of amides is 1. The summed E-state index contributed by atoms with van der Waals surface area (Å²) in [5.74, 6) is -0.0567. The van der Waals surface area contributed by atoms with Crippen molar-refractivity contribution in [2.24, 2.45) is 0 Å². The molecule has 1 amide bonds. The fourth-order valence-corrected chi connectivity index (χ4v) is 2.58. The van der Waals surface area contributed by atoms with E-state index in [9.17, 15) is 4.79 Å². The molecule has 3 atom stereocenters. The molecule has 0 bridgehead atoms. The van der Waals surface area contributed by atoms with Gasteiger partial charge < -0.3 is 14.4 Å². The van der Waals surface area contributed by atoms with E-state index in [-0.39, 0.29) is 18.1 Å². The second kappa shape index (κ2) is 11.6. The van der Waals surface area contributed by atoms with Crippen LogP contribution in [0.5, 0.6) is 0 Å². The van der Waals surface area contributed by atoms with Crippen molar-refractivity contribution in [1.82, 2.24) is 4.90 Å². The van der Waals surface area contributed by atoms with Gasteiger partial charge in [0.2, 0.25) is 0 Å². The molecule has 0 aliphatic rings. The fourth-order valence-electron chi connectivity index (χ4n) is 2.58. The van der Waals surface area contributed by atoms with E-state index in [4.69, 9.17) is 9.47 Å². The van der Waals surface area contributed by atoms with Crippen molar-refractivity contribution in [3.8, 4) is 0 Å². The number of hydrogen-bond acceptors (Lipinski definition) is 3. The molecule has 25 heavy (non-hydrogen) atoms. The van der Waals surface area contributed by atoms with Gasteiger partial charge in [-0.05, 0) is 18.4 Å². The van der Waals surface area contributed by atoms with Crippen molar-refractivity contribution < 1.29 is 14.3 Å². The average molecular weight is 345 g/mol. The van der Waals surface area contributed by atoms with E-state index in [0.29, 0.717) is 19.4 Å².